The Morgan fingerprint density at radius 2 is 1.88 bits per heavy atom. The van der Waals surface area contributed by atoms with Crippen LogP contribution in [0.5, 0.6) is 5.75 Å². The van der Waals surface area contributed by atoms with Gasteiger partial charge in [0.2, 0.25) is 5.91 Å². The molecule has 6 heteroatoms. The number of benzene rings is 1. The Morgan fingerprint density at radius 3 is 2.40 bits per heavy atom. The van der Waals surface area contributed by atoms with Crippen molar-refractivity contribution in [1.29, 1.82) is 0 Å². The lowest BCUT2D eigenvalue weighted by Crippen LogP contribution is -2.30. The molecule has 2 rings (SSSR count). The summed E-state index contributed by atoms with van der Waals surface area (Å²) in [5.41, 5.74) is 3.69. The van der Waals surface area contributed by atoms with Crippen molar-refractivity contribution in [2.24, 2.45) is 10.5 Å². The number of halogens is 2. The van der Waals surface area contributed by atoms with Crippen LogP contribution in [0.15, 0.2) is 29.4 Å². The minimum Gasteiger partial charge on any atom is -0.494 e. The topological polar surface area (TPSA) is 50.7 Å². The molecule has 0 radical (unpaired) electrons. The predicted molar refractivity (Wildman–Crippen MR) is 104 cm³/mol. The fourth-order valence-electron chi connectivity index (χ4n) is 2.46. The number of hydrazone groups is 1. The number of rotatable bonds is 9. The first kappa shape index (κ1) is 20.1. The number of hydrogen-bond donors (Lipinski definition) is 1. The third-order valence-electron chi connectivity index (χ3n) is 4.48. The molecule has 1 aromatic rings. The molecule has 0 heterocycles. The highest BCUT2D eigenvalue weighted by molar-refractivity contribution is 6.53. The number of carbonyl (C=O) groups is 1. The van der Waals surface area contributed by atoms with E-state index in [0.29, 0.717) is 13.0 Å². The zero-order valence-corrected chi connectivity index (χ0v) is 16.6. The molecule has 25 heavy (non-hydrogen) atoms. The average molecular weight is 385 g/mol. The van der Waals surface area contributed by atoms with Crippen molar-refractivity contribution in [3.63, 3.8) is 0 Å². The van der Waals surface area contributed by atoms with E-state index in [-0.39, 0.29) is 5.91 Å². The Morgan fingerprint density at radius 1 is 1.24 bits per heavy atom. The number of nitrogens with one attached hydrogen (secondary N) is 1. The SMILES string of the molecule is CCCC/C(=N\NC(=O)C1(C)CC1(Cl)Cl)c1ccc(OCCC)cc1. The second kappa shape index (κ2) is 8.41. The van der Waals surface area contributed by atoms with Crippen LogP contribution in [0.4, 0.5) is 0 Å². The average Bonchev–Trinajstić information content (AvgIpc) is 3.13. The van der Waals surface area contributed by atoms with E-state index in [4.69, 9.17) is 27.9 Å². The summed E-state index contributed by atoms with van der Waals surface area (Å²) in [5, 5.41) is 4.35. The molecule has 1 atom stereocenters. The summed E-state index contributed by atoms with van der Waals surface area (Å²) in [5.74, 6) is 0.596. The predicted octanol–water partition coefficient (Wildman–Crippen LogP) is 5.07. The summed E-state index contributed by atoms with van der Waals surface area (Å²) >= 11 is 12.1. The summed E-state index contributed by atoms with van der Waals surface area (Å²) in [4.78, 5) is 12.3. The molecule has 0 aliphatic heterocycles. The van der Waals surface area contributed by atoms with Crippen LogP contribution in [-0.2, 0) is 4.79 Å². The highest BCUT2D eigenvalue weighted by Gasteiger charge is 2.68. The number of unbranched alkanes of at least 4 members (excludes halogenated alkanes) is 1. The normalized spacial score (nSPS) is 21.7. The monoisotopic (exact) mass is 384 g/mol. The van der Waals surface area contributed by atoms with Crippen LogP contribution < -0.4 is 10.2 Å². The highest BCUT2D eigenvalue weighted by Crippen LogP contribution is 2.63. The third-order valence-corrected chi connectivity index (χ3v) is 5.58. The molecule has 1 aromatic carbocycles. The number of amides is 1. The van der Waals surface area contributed by atoms with E-state index in [2.05, 4.69) is 24.4 Å². The molecule has 1 unspecified atom stereocenters. The molecule has 0 spiro atoms. The maximum absolute atomic E-state index is 12.3. The first-order valence-electron chi connectivity index (χ1n) is 8.82. The fraction of sp³-hybridized carbons (Fsp3) is 0.579. The van der Waals surface area contributed by atoms with Gasteiger partial charge in [-0.3, -0.25) is 4.79 Å². The molecule has 1 amide bonds. The van der Waals surface area contributed by atoms with Crippen LogP contribution in [0.1, 0.15) is 58.4 Å². The molecule has 0 bridgehead atoms. The van der Waals surface area contributed by atoms with Crippen molar-refractivity contribution in [2.75, 3.05) is 6.61 Å². The van der Waals surface area contributed by atoms with Gasteiger partial charge in [-0.25, -0.2) is 5.43 Å². The molecule has 138 valence electrons. The summed E-state index contributed by atoms with van der Waals surface area (Å²) < 4.78 is 4.61. The van der Waals surface area contributed by atoms with Gasteiger partial charge in [0.05, 0.1) is 17.7 Å². The number of carbonyl (C=O) groups excluding carboxylic acids is 1. The molecular weight excluding hydrogens is 359 g/mol. The summed E-state index contributed by atoms with van der Waals surface area (Å²) in [6, 6.07) is 7.80. The zero-order chi connectivity index (χ0) is 18.5. The van der Waals surface area contributed by atoms with Gasteiger partial charge in [-0.15, -0.1) is 23.2 Å². The largest absolute Gasteiger partial charge is 0.494 e. The smallest absolute Gasteiger partial charge is 0.249 e. The van der Waals surface area contributed by atoms with Gasteiger partial charge in [-0.05, 0) is 62.4 Å². The lowest BCUT2D eigenvalue weighted by atomic mass is 10.0. The number of alkyl halides is 2. The van der Waals surface area contributed by atoms with Crippen molar-refractivity contribution in [3.8, 4) is 5.75 Å². The molecule has 1 N–H and O–H groups in total. The summed E-state index contributed by atoms with van der Waals surface area (Å²) in [6.07, 6.45) is 4.25. The summed E-state index contributed by atoms with van der Waals surface area (Å²) in [7, 11) is 0. The quantitative estimate of drug-likeness (QED) is 0.367. The van der Waals surface area contributed by atoms with Crippen LogP contribution in [0.2, 0.25) is 0 Å². The van der Waals surface area contributed by atoms with Crippen molar-refractivity contribution in [2.45, 2.75) is 57.2 Å². The molecule has 1 saturated carbocycles. The second-order valence-corrected chi connectivity index (χ2v) is 8.17. The first-order chi connectivity index (χ1) is 11.8. The second-order valence-electron chi connectivity index (χ2n) is 6.69. The van der Waals surface area contributed by atoms with E-state index in [9.17, 15) is 4.79 Å². The molecule has 1 aliphatic rings. The fourth-order valence-corrected chi connectivity index (χ4v) is 3.17. The minimum atomic E-state index is -0.992. The van der Waals surface area contributed by atoms with Crippen LogP contribution in [0.3, 0.4) is 0 Å². The van der Waals surface area contributed by atoms with Gasteiger partial charge in [0, 0.05) is 0 Å². The maximum Gasteiger partial charge on any atom is 0.249 e. The van der Waals surface area contributed by atoms with Crippen molar-refractivity contribution >= 4 is 34.8 Å². The van der Waals surface area contributed by atoms with Gasteiger partial charge in [-0.2, -0.15) is 5.10 Å². The van der Waals surface area contributed by atoms with Gasteiger partial charge in [-0.1, -0.05) is 20.3 Å². The van der Waals surface area contributed by atoms with Crippen molar-refractivity contribution in [1.82, 2.24) is 5.43 Å². The van der Waals surface area contributed by atoms with E-state index in [0.717, 1.165) is 42.7 Å². The van der Waals surface area contributed by atoms with Gasteiger partial charge in [0.25, 0.3) is 0 Å². The Labute approximate surface area is 159 Å². The van der Waals surface area contributed by atoms with Crippen LogP contribution in [0, 0.1) is 5.41 Å². The Bertz CT molecular complexity index is 629. The molecular formula is C19H26Cl2N2O2. The molecule has 0 aromatic heterocycles. The van der Waals surface area contributed by atoms with Gasteiger partial charge < -0.3 is 4.74 Å². The maximum atomic E-state index is 12.3. The minimum absolute atomic E-state index is 0.241. The molecule has 1 fully saturated rings. The number of nitrogens with zero attached hydrogens (tertiary/aromatic N) is 1. The zero-order valence-electron chi connectivity index (χ0n) is 15.1. The van der Waals surface area contributed by atoms with E-state index in [1.54, 1.807) is 6.92 Å². The third kappa shape index (κ3) is 4.89. The first-order valence-corrected chi connectivity index (χ1v) is 9.57. The van der Waals surface area contributed by atoms with Gasteiger partial charge >= 0.3 is 0 Å². The molecule has 0 saturated heterocycles. The van der Waals surface area contributed by atoms with Crippen LogP contribution >= 0.6 is 23.2 Å². The van der Waals surface area contributed by atoms with Crippen molar-refractivity contribution < 1.29 is 9.53 Å². The Kier molecular flexibility index (Phi) is 6.75. The van der Waals surface area contributed by atoms with E-state index >= 15 is 0 Å². The molecule has 1 aliphatic carbocycles. The highest BCUT2D eigenvalue weighted by atomic mass is 35.5. The molecule has 4 nitrogen and oxygen atoms in total. The van der Waals surface area contributed by atoms with Crippen molar-refractivity contribution in [3.05, 3.63) is 29.8 Å². The summed E-state index contributed by atoms with van der Waals surface area (Å²) in [6.45, 7) is 6.65. The van der Waals surface area contributed by atoms with E-state index in [1.165, 1.54) is 0 Å². The van der Waals surface area contributed by atoms with Gasteiger partial charge in [0.15, 0.2) is 0 Å². The Hall–Kier alpha value is -1.26. The van der Waals surface area contributed by atoms with E-state index < -0.39 is 9.75 Å². The van der Waals surface area contributed by atoms with Crippen LogP contribution in [0.25, 0.3) is 0 Å². The van der Waals surface area contributed by atoms with Crippen LogP contribution in [-0.4, -0.2) is 22.6 Å². The van der Waals surface area contributed by atoms with E-state index in [1.807, 2.05) is 24.3 Å². The Balaban J connectivity index is 2.08. The lowest BCUT2D eigenvalue weighted by molar-refractivity contribution is -0.125. The number of ether oxygens (including phenoxy) is 1. The van der Waals surface area contributed by atoms with Gasteiger partial charge in [0.1, 0.15) is 10.1 Å². The lowest BCUT2D eigenvalue weighted by Gasteiger charge is -2.12. The standard InChI is InChI=1S/C19H26Cl2N2O2/c1-4-6-7-16(14-8-10-15(11-9-14)25-12-5-2)22-23-17(24)18(3)13-19(18,20)21/h8-11H,4-7,12-13H2,1-3H3,(H,23,24)/b22-16+. The number of hydrogen-bond acceptors (Lipinski definition) is 3.